The van der Waals surface area contributed by atoms with E-state index in [9.17, 15) is 10.0 Å². The Hall–Kier alpha value is 1.10. The molecule has 0 aliphatic carbocycles. The van der Waals surface area contributed by atoms with Crippen molar-refractivity contribution in [1.29, 1.82) is 5.26 Å². The summed E-state index contributed by atoms with van der Waals surface area (Å²) in [5, 5.41) is 61.2. The van der Waals surface area contributed by atoms with Crippen LogP contribution in [-0.4, -0.2) is 370 Å². The number of nitriles is 1. The molecule has 5 aromatic rings. The van der Waals surface area contributed by atoms with Crippen molar-refractivity contribution in [3.63, 3.8) is 0 Å². The molecule has 4 heterocycles. The quantitative estimate of drug-likeness (QED) is 0.0112. The Labute approximate surface area is 949 Å². The van der Waals surface area contributed by atoms with E-state index in [1.165, 1.54) is 29.2 Å². The van der Waals surface area contributed by atoms with E-state index in [-0.39, 0.29) is 160 Å². The molecule has 0 saturated carbocycles. The number of halogens is 17. The second kappa shape index (κ2) is 83.6. The SMILES string of the molecule is C.C.CC#N.CC1(C)OB(c2ccccc2CBr)OC1(C)C.CC1(C)OB(c2ccccc2CBr)OC1(C)C.CC1(C)OB(c2ccccc2C[N+](C)(CCCl)CCCl)OC1(C)C.CN(CCCl)CCCl.CN(CCO)CCO.CN(CCO)CCO.CN1CCOB(c2ccccc2C[N+](C)(CCCl)CCCl)OCC1.C[N+](CCCl)(CCCl)Cc1ccccc1B(O)O.ClCCl.O=S(Cl)Cl.[Br-].[Br-].[Br-]. The zero-order valence-electron chi connectivity index (χ0n) is 83.7. The van der Waals surface area contributed by atoms with Gasteiger partial charge in [-0.25, -0.2) is 4.21 Å². The predicted octanol–water partition coefficient (Wildman–Crippen LogP) is 6.23. The molecule has 4 aliphatic heterocycles. The molecule has 0 unspecified atom stereocenters. The molecular weight excluding hydrogens is 2380 g/mol. The van der Waals surface area contributed by atoms with Crippen molar-refractivity contribution in [3.05, 3.63) is 149 Å². The molecule has 0 spiro atoms. The number of hydrogen-bond acceptors (Lipinski definition) is 20. The fourth-order valence-corrected chi connectivity index (χ4v) is 17.0. The molecule has 9 rings (SSSR count). The number of nitrogens with zero attached hydrogens (tertiary/aromatic N) is 8. The smallest absolute Gasteiger partial charge is 0.495 e. The maximum Gasteiger partial charge on any atom is 0.495 e. The highest BCUT2D eigenvalue weighted by atomic mass is 79.9. The molecule has 5 aromatic carbocycles. The van der Waals surface area contributed by atoms with E-state index in [1.54, 1.807) is 18.2 Å². The fraction of sp³-hybridized carbons (Fsp3) is 0.667. The van der Waals surface area contributed by atoms with Crippen molar-refractivity contribution in [2.75, 3.05) is 233 Å². The summed E-state index contributed by atoms with van der Waals surface area (Å²) in [7, 11) is 19.0. The lowest BCUT2D eigenvalue weighted by Crippen LogP contribution is -3.00. The first-order valence-corrected chi connectivity index (χ1v) is 54.9. The van der Waals surface area contributed by atoms with Gasteiger partial charge in [0.2, 0.25) is 9.23 Å². The van der Waals surface area contributed by atoms with Gasteiger partial charge in [-0.3, -0.25) is 0 Å². The highest BCUT2D eigenvalue weighted by molar-refractivity contribution is 9.08. The molecule has 0 radical (unpaired) electrons. The molecule has 46 heteroatoms. The molecule has 804 valence electrons. The highest BCUT2D eigenvalue weighted by Crippen LogP contribution is 2.39. The lowest BCUT2D eigenvalue weighted by Gasteiger charge is -2.34. The Balaban J connectivity index is -0.000000288. The summed E-state index contributed by atoms with van der Waals surface area (Å²) < 4.78 is 60.1. The van der Waals surface area contributed by atoms with Crippen molar-refractivity contribution >= 4 is 241 Å². The van der Waals surface area contributed by atoms with E-state index in [0.29, 0.717) is 103 Å². The predicted molar refractivity (Wildman–Crippen MR) is 596 cm³/mol. The first kappa shape index (κ1) is 153. The van der Waals surface area contributed by atoms with Crippen molar-refractivity contribution in [2.24, 2.45) is 0 Å². The van der Waals surface area contributed by atoms with Crippen molar-refractivity contribution < 1.29 is 136 Å². The summed E-state index contributed by atoms with van der Waals surface area (Å²) in [6.07, 6.45) is 0. The first-order chi connectivity index (χ1) is 63.0. The van der Waals surface area contributed by atoms with Crippen LogP contribution in [0.3, 0.4) is 0 Å². The second-order valence-corrected chi connectivity index (χ2v) is 43.3. The number of aliphatic hydroxyl groups is 4. The molecule has 0 bridgehead atoms. The number of likely N-dealkylation sites (N-methyl/N-ethyl adjacent to an activating group) is 3. The molecule has 4 fully saturated rings. The number of rotatable bonds is 37. The van der Waals surface area contributed by atoms with Gasteiger partial charge in [0.05, 0.1) is 167 Å². The minimum absolute atomic E-state index is 0. The average molecular weight is 2540 g/mol. The Bertz CT molecular complexity index is 3760. The summed E-state index contributed by atoms with van der Waals surface area (Å²) in [4.78, 5) is 8.04. The molecule has 4 aliphatic rings. The van der Waals surface area contributed by atoms with Crippen LogP contribution in [0.4, 0.5) is 0 Å². The number of benzene rings is 5. The lowest BCUT2D eigenvalue weighted by atomic mass is 9.75. The van der Waals surface area contributed by atoms with Crippen LogP contribution in [0.5, 0.6) is 0 Å². The maximum absolute atomic E-state index is 9.36. The normalized spacial score (nSPS) is 15.5. The van der Waals surface area contributed by atoms with E-state index >= 15 is 0 Å². The summed E-state index contributed by atoms with van der Waals surface area (Å²) in [5.41, 5.74) is 9.02. The van der Waals surface area contributed by atoms with Gasteiger partial charge in [-0.1, -0.05) is 168 Å². The minimum atomic E-state index is -1.67. The van der Waals surface area contributed by atoms with Crippen LogP contribution in [0.15, 0.2) is 121 Å². The van der Waals surface area contributed by atoms with E-state index in [2.05, 4.69) is 235 Å². The van der Waals surface area contributed by atoms with Gasteiger partial charge in [-0.2, -0.15) is 5.26 Å². The van der Waals surface area contributed by atoms with E-state index in [4.69, 9.17) is 183 Å². The van der Waals surface area contributed by atoms with Crippen molar-refractivity contribution in [2.45, 2.75) is 169 Å². The van der Waals surface area contributed by atoms with Gasteiger partial charge in [-0.15, -0.1) is 116 Å². The van der Waals surface area contributed by atoms with Gasteiger partial charge in [0, 0.05) is 133 Å². The Kier molecular flexibility index (Phi) is 92.1. The first-order valence-electron chi connectivity index (χ1n) is 44.5. The van der Waals surface area contributed by atoms with Gasteiger partial charge >= 0.3 is 35.6 Å². The van der Waals surface area contributed by atoms with Crippen molar-refractivity contribution in [3.8, 4) is 6.07 Å². The average Bonchev–Trinajstić information content (AvgIpc) is 1.59. The van der Waals surface area contributed by atoms with E-state index in [1.807, 2.05) is 79.5 Å². The molecule has 6 N–H and O–H groups in total. The Morgan fingerprint density at radius 1 is 0.410 bits per heavy atom. The zero-order chi connectivity index (χ0) is 103. The topological polar surface area (TPSA) is 249 Å². The maximum atomic E-state index is 9.36. The third-order valence-corrected chi connectivity index (χ3v) is 25.9. The monoisotopic (exact) mass is 2530 g/mol. The molecule has 139 heavy (non-hydrogen) atoms. The van der Waals surface area contributed by atoms with Crippen molar-refractivity contribution in [1.82, 2.24) is 19.6 Å². The lowest BCUT2D eigenvalue weighted by molar-refractivity contribution is -0.918. The third-order valence-electron chi connectivity index (χ3n) is 23.4. The Morgan fingerprint density at radius 2 is 0.612 bits per heavy atom. The molecule has 4 saturated heterocycles. The molecular formula is C93H162B5Br5Cl12N8O15S. The van der Waals surface area contributed by atoms with Gasteiger partial charge in [0.15, 0.2) is 0 Å². The standard InChI is InChI=1S/C18H29BCl2NO2.C17H28BCl2N2O2.2C13H18BBrO2.C12H19BCl2NO2.C5H11Cl2N.2C5H13NO2.C2H3N.CH2Cl2.2CH4.3BrH.Cl2OS/c1-17(2)18(3,4)24-19(23-17)16-9-7-6-8-15(16)14-22(5,12-10-20)13-11-21;1-21-9-13-23-18(24-14-10-21)17-6-4-3-5-16(17)15-22(2,11-7-19)12-8-20;2*1-12(2)13(3,4)17-14(16-12)11-8-6-5-7-10(11)9-15;1-16(8-6-14,9-7-15)10-11-4-2-3-5-12(11)13(17)18;1-8(4-2-6)5-3-7;2*1-6(2-4-7)3-5-8;1-2-3;2-1-3;;;;;;1-4(2)3/h6-9H,10-14H2,1-5H3;3-6H,7-15H2,1-2H3;2*5-8H,9H2,1-4H3;2-5,17-18H,6-10H2,1H3;2-5H2,1H3;2*7-8H,2-5H2,1H3;1H3;1H2;2*1H4;3*1H;/q2*+1;;;+1;;;;;;;;;;;/p-3. The van der Waals surface area contributed by atoms with Crippen LogP contribution in [0.1, 0.15) is 133 Å². The Morgan fingerprint density at radius 3 is 0.835 bits per heavy atom. The van der Waals surface area contributed by atoms with Crippen LogP contribution in [0.25, 0.3) is 0 Å². The summed E-state index contributed by atoms with van der Waals surface area (Å²) >= 11 is 63.2. The second-order valence-electron chi connectivity index (χ2n) is 35.8. The summed E-state index contributed by atoms with van der Waals surface area (Å²) in [6.45, 7) is 42.1. The number of quaternary nitrogens is 3. The molecule has 0 atom stereocenters. The summed E-state index contributed by atoms with van der Waals surface area (Å²) in [6, 6.07) is 42.2. The minimum Gasteiger partial charge on any atom is -1.00 e. The van der Waals surface area contributed by atoms with E-state index in [0.717, 1.165) is 126 Å². The number of alkyl halides is 12. The fourth-order valence-electron chi connectivity index (χ4n) is 13.0. The number of aliphatic hydroxyl groups excluding tert-OH is 4. The summed E-state index contributed by atoms with van der Waals surface area (Å²) in [5.74, 6) is 4.96. The third kappa shape index (κ3) is 61.6. The van der Waals surface area contributed by atoms with Gasteiger partial charge in [0.25, 0.3) is 0 Å². The van der Waals surface area contributed by atoms with Crippen LogP contribution in [-0.2, 0) is 76.8 Å². The molecule has 0 amide bonds. The van der Waals surface area contributed by atoms with Crippen LogP contribution in [0, 0.1) is 11.3 Å². The van der Waals surface area contributed by atoms with Crippen LogP contribution < -0.4 is 78.3 Å². The van der Waals surface area contributed by atoms with Gasteiger partial charge < -0.3 is 152 Å². The van der Waals surface area contributed by atoms with E-state index < -0.39 is 16.3 Å². The number of hydrogen-bond donors (Lipinski definition) is 6. The molecule has 0 aromatic heterocycles. The highest BCUT2D eigenvalue weighted by Gasteiger charge is 2.55. The zero-order valence-corrected chi connectivity index (χ0v) is 102. The largest absolute Gasteiger partial charge is 1.00 e. The molecule has 23 nitrogen and oxygen atoms in total. The van der Waals surface area contributed by atoms with Gasteiger partial charge in [-0.05, 0) is 150 Å². The van der Waals surface area contributed by atoms with Gasteiger partial charge in [0.1, 0.15) is 19.6 Å². The van der Waals surface area contributed by atoms with Crippen LogP contribution in [0.2, 0.25) is 0 Å². The van der Waals surface area contributed by atoms with Crippen LogP contribution >= 0.6 is 169 Å².